The van der Waals surface area contributed by atoms with Crippen molar-refractivity contribution >= 4 is 11.4 Å². The van der Waals surface area contributed by atoms with Crippen LogP contribution in [0.25, 0.3) is 0 Å². The lowest BCUT2D eigenvalue weighted by molar-refractivity contribution is -0.240. The summed E-state index contributed by atoms with van der Waals surface area (Å²) < 4.78 is 38.8. The summed E-state index contributed by atoms with van der Waals surface area (Å²) in [5, 5.41) is 1.53. The molecule has 1 aromatic rings. The molecule has 7 heteroatoms. The summed E-state index contributed by atoms with van der Waals surface area (Å²) in [5.41, 5.74) is 1.57. The molecule has 0 unspecified atom stereocenters. The van der Waals surface area contributed by atoms with Crippen molar-refractivity contribution in [2.24, 2.45) is 0 Å². The van der Waals surface area contributed by atoms with E-state index in [-0.39, 0.29) is 6.54 Å². The van der Waals surface area contributed by atoms with Gasteiger partial charge >= 0.3 is 6.30 Å². The third-order valence-corrected chi connectivity index (χ3v) is 4.06. The molecule has 4 nitrogen and oxygen atoms in total. The van der Waals surface area contributed by atoms with E-state index in [1.54, 1.807) is 12.1 Å². The number of alkyl halides is 3. The second-order valence-corrected chi connectivity index (χ2v) is 5.59. The first-order chi connectivity index (χ1) is 10.4. The maximum Gasteiger partial charge on any atom is 0.478 e. The smallest absolute Gasteiger partial charge is 0.369 e. The van der Waals surface area contributed by atoms with Crippen LogP contribution >= 0.6 is 0 Å². The fourth-order valence-corrected chi connectivity index (χ4v) is 2.75. The fourth-order valence-electron chi connectivity index (χ4n) is 2.75. The second-order valence-electron chi connectivity index (χ2n) is 5.59. The molecule has 2 aliphatic rings. The number of hydrogen-bond donors (Lipinski definition) is 0. The molecule has 1 aromatic carbocycles. The summed E-state index contributed by atoms with van der Waals surface area (Å²) in [6.45, 7) is 3.73. The summed E-state index contributed by atoms with van der Waals surface area (Å²) in [6, 6.07) is 7.26. The number of hydrogen-bond acceptors (Lipinski definition) is 4. The average Bonchev–Trinajstić information content (AvgIpc) is 2.98. The summed E-state index contributed by atoms with van der Waals surface area (Å²) in [5.74, 6) is 0. The Morgan fingerprint density at radius 2 is 1.50 bits per heavy atom. The summed E-state index contributed by atoms with van der Waals surface area (Å²) in [7, 11) is 2.09. The van der Waals surface area contributed by atoms with Crippen LogP contribution in [-0.2, 0) is 0 Å². The van der Waals surface area contributed by atoms with Crippen molar-refractivity contribution in [1.82, 2.24) is 9.91 Å². The summed E-state index contributed by atoms with van der Waals surface area (Å²) in [6.07, 6.45) is -1.42. The van der Waals surface area contributed by atoms with Crippen molar-refractivity contribution in [1.29, 1.82) is 0 Å². The Kier molecular flexibility index (Phi) is 4.01. The molecule has 22 heavy (non-hydrogen) atoms. The minimum atomic E-state index is -4.38. The van der Waals surface area contributed by atoms with Gasteiger partial charge in [-0.05, 0) is 31.3 Å². The molecule has 0 radical (unpaired) electrons. The number of rotatable bonds is 2. The molecule has 120 valence electrons. The van der Waals surface area contributed by atoms with E-state index in [9.17, 15) is 13.2 Å². The van der Waals surface area contributed by atoms with Gasteiger partial charge in [0, 0.05) is 44.6 Å². The highest BCUT2D eigenvalue weighted by molar-refractivity contribution is 5.58. The van der Waals surface area contributed by atoms with Crippen LogP contribution in [0.1, 0.15) is 0 Å². The zero-order valence-electron chi connectivity index (χ0n) is 12.4. The van der Waals surface area contributed by atoms with Gasteiger partial charge in [-0.25, -0.2) is 0 Å². The zero-order valence-corrected chi connectivity index (χ0v) is 12.4. The van der Waals surface area contributed by atoms with Gasteiger partial charge in [-0.3, -0.25) is 5.01 Å². The minimum Gasteiger partial charge on any atom is -0.369 e. The molecule has 0 bridgehead atoms. The summed E-state index contributed by atoms with van der Waals surface area (Å²) >= 11 is 0. The number of nitrogens with zero attached hydrogens (tertiary/aromatic N) is 4. The Bertz CT molecular complexity index is 533. The molecular weight excluding hydrogens is 293 g/mol. The molecule has 1 saturated heterocycles. The van der Waals surface area contributed by atoms with Gasteiger partial charge < -0.3 is 9.80 Å². The van der Waals surface area contributed by atoms with Gasteiger partial charge in [-0.2, -0.15) is 13.2 Å². The number of piperazine rings is 1. The van der Waals surface area contributed by atoms with E-state index < -0.39 is 6.30 Å². The molecule has 0 aliphatic carbocycles. The van der Waals surface area contributed by atoms with Crippen LogP contribution < -0.4 is 9.91 Å². The molecule has 0 amide bonds. The maximum absolute atomic E-state index is 12.9. The summed E-state index contributed by atoms with van der Waals surface area (Å²) in [4.78, 5) is 4.52. The Hall–Kier alpha value is -1.73. The monoisotopic (exact) mass is 312 g/mol. The van der Waals surface area contributed by atoms with Crippen molar-refractivity contribution < 1.29 is 13.2 Å². The predicted octanol–water partition coefficient (Wildman–Crippen LogP) is 2.51. The highest BCUT2D eigenvalue weighted by Gasteiger charge is 2.42. The Balaban J connectivity index is 1.73. The average molecular weight is 312 g/mol. The first-order valence-electron chi connectivity index (χ1n) is 7.29. The van der Waals surface area contributed by atoms with Gasteiger partial charge in [-0.1, -0.05) is 6.08 Å². The third-order valence-electron chi connectivity index (χ3n) is 4.06. The Morgan fingerprint density at radius 1 is 0.909 bits per heavy atom. The van der Waals surface area contributed by atoms with E-state index in [0.717, 1.165) is 36.9 Å². The van der Waals surface area contributed by atoms with Gasteiger partial charge in [0.2, 0.25) is 0 Å². The van der Waals surface area contributed by atoms with Gasteiger partial charge in [0.05, 0.1) is 5.69 Å². The van der Waals surface area contributed by atoms with E-state index in [4.69, 9.17) is 0 Å². The van der Waals surface area contributed by atoms with E-state index in [1.807, 2.05) is 12.1 Å². The van der Waals surface area contributed by atoms with Crippen molar-refractivity contribution in [2.75, 3.05) is 49.7 Å². The first-order valence-corrected chi connectivity index (χ1v) is 7.29. The van der Waals surface area contributed by atoms with E-state index in [1.165, 1.54) is 12.3 Å². The molecule has 2 heterocycles. The van der Waals surface area contributed by atoms with Crippen LogP contribution in [0.15, 0.2) is 36.5 Å². The Labute approximate surface area is 128 Å². The molecule has 0 atom stereocenters. The minimum absolute atomic E-state index is 0.149. The van der Waals surface area contributed by atoms with Crippen LogP contribution in [-0.4, -0.2) is 56.0 Å². The molecule has 2 aliphatic heterocycles. The van der Waals surface area contributed by atoms with Crippen molar-refractivity contribution in [3.63, 3.8) is 0 Å². The molecule has 0 aromatic heterocycles. The van der Waals surface area contributed by atoms with Crippen LogP contribution in [0.2, 0.25) is 0 Å². The molecular formula is C15H19F3N4. The molecule has 0 N–H and O–H groups in total. The van der Waals surface area contributed by atoms with Crippen molar-refractivity contribution in [2.45, 2.75) is 6.30 Å². The number of benzene rings is 1. The topological polar surface area (TPSA) is 13.0 Å². The van der Waals surface area contributed by atoms with Gasteiger partial charge in [-0.15, -0.1) is 5.01 Å². The van der Waals surface area contributed by atoms with Gasteiger partial charge in [0.25, 0.3) is 0 Å². The number of halogens is 3. The SMILES string of the molecule is CN1CCN(c2ccc(N3C=CCN3C(F)(F)F)cc2)CC1. The molecule has 3 rings (SSSR count). The van der Waals surface area contributed by atoms with Crippen molar-refractivity contribution in [3.8, 4) is 0 Å². The van der Waals surface area contributed by atoms with Gasteiger partial charge in [0.15, 0.2) is 0 Å². The number of likely N-dealkylation sites (N-methyl/N-ethyl adjacent to an activating group) is 1. The normalized spacial score (nSPS) is 20.9. The quantitative estimate of drug-likeness (QED) is 0.778. The van der Waals surface area contributed by atoms with Crippen LogP contribution in [0.4, 0.5) is 24.5 Å². The zero-order chi connectivity index (χ0) is 15.7. The largest absolute Gasteiger partial charge is 0.478 e. The Morgan fingerprint density at radius 3 is 2.09 bits per heavy atom. The van der Waals surface area contributed by atoms with Crippen molar-refractivity contribution in [3.05, 3.63) is 36.5 Å². The predicted molar refractivity (Wildman–Crippen MR) is 80.5 cm³/mol. The van der Waals surface area contributed by atoms with Crippen LogP contribution in [0.3, 0.4) is 0 Å². The molecule has 0 saturated carbocycles. The highest BCUT2D eigenvalue weighted by Crippen LogP contribution is 2.31. The number of anilines is 2. The molecule has 0 spiro atoms. The highest BCUT2D eigenvalue weighted by atomic mass is 19.4. The van der Waals surface area contributed by atoms with Crippen LogP contribution in [0.5, 0.6) is 0 Å². The fraction of sp³-hybridized carbons (Fsp3) is 0.467. The maximum atomic E-state index is 12.9. The lowest BCUT2D eigenvalue weighted by atomic mass is 10.2. The lowest BCUT2D eigenvalue weighted by Gasteiger charge is -2.34. The van der Waals surface area contributed by atoms with E-state index >= 15 is 0 Å². The second kappa shape index (κ2) is 5.81. The van der Waals surface area contributed by atoms with Gasteiger partial charge in [0.1, 0.15) is 0 Å². The lowest BCUT2D eigenvalue weighted by Crippen LogP contribution is -2.46. The molecule has 1 fully saturated rings. The first kappa shape index (κ1) is 15.2. The van der Waals surface area contributed by atoms with E-state index in [2.05, 4.69) is 16.8 Å². The van der Waals surface area contributed by atoms with Crippen LogP contribution in [0, 0.1) is 0 Å². The standard InChI is InChI=1S/C15H19F3N4/c1-19-9-11-20(12-10-19)13-3-5-14(6-4-13)21-7-2-8-22(21)15(16,17)18/h2-7H,8-12H2,1H3. The third kappa shape index (κ3) is 3.05. The number of hydrazine groups is 1. The van der Waals surface area contributed by atoms with E-state index in [0.29, 0.717) is 10.7 Å².